The van der Waals surface area contributed by atoms with Crippen molar-refractivity contribution in [3.63, 3.8) is 0 Å². The lowest BCUT2D eigenvalue weighted by Crippen LogP contribution is -2.21. The second kappa shape index (κ2) is 3.90. The van der Waals surface area contributed by atoms with Crippen molar-refractivity contribution < 1.29 is 13.2 Å². The third-order valence-corrected chi connectivity index (χ3v) is 3.78. The summed E-state index contributed by atoms with van der Waals surface area (Å²) in [5, 5.41) is 0. The maximum Gasteiger partial charge on any atom is 0.177 e. The minimum absolute atomic E-state index is 0.156. The van der Waals surface area contributed by atoms with E-state index < -0.39 is 9.84 Å². The maximum absolute atomic E-state index is 11.6. The molecule has 0 spiro atoms. The minimum Gasteiger partial charge on any atom is -0.363 e. The largest absolute Gasteiger partial charge is 0.363 e. The summed E-state index contributed by atoms with van der Waals surface area (Å²) in [5.41, 5.74) is 0.635. The van der Waals surface area contributed by atoms with Crippen molar-refractivity contribution in [2.24, 2.45) is 0 Å². The molecule has 86 valence electrons. The predicted octanol–water partition coefficient (Wildman–Crippen LogP) is 0.869. The van der Waals surface area contributed by atoms with Crippen LogP contribution in [0.3, 0.4) is 0 Å². The normalized spacial score (nSPS) is 16.8. The Morgan fingerprint density at radius 2 is 1.94 bits per heavy atom. The zero-order chi connectivity index (χ0) is 11.8. The van der Waals surface area contributed by atoms with Crippen molar-refractivity contribution in [3.05, 3.63) is 24.3 Å². The molecule has 1 heterocycles. The minimum atomic E-state index is -3.24. The van der Waals surface area contributed by atoms with Crippen LogP contribution in [0.2, 0.25) is 0 Å². The monoisotopic (exact) mass is 239 g/mol. The third-order valence-electron chi connectivity index (χ3n) is 2.63. The number of hydrogen-bond donors (Lipinski definition) is 0. The number of ketones is 1. The van der Waals surface area contributed by atoms with Crippen LogP contribution in [0.15, 0.2) is 29.2 Å². The van der Waals surface area contributed by atoms with Crippen LogP contribution < -0.4 is 4.90 Å². The van der Waals surface area contributed by atoms with E-state index >= 15 is 0 Å². The van der Waals surface area contributed by atoms with Crippen molar-refractivity contribution in [1.82, 2.24) is 0 Å². The highest BCUT2D eigenvalue weighted by Gasteiger charge is 2.24. The molecule has 1 aromatic rings. The molecular weight excluding hydrogens is 226 g/mol. The first-order chi connectivity index (χ1) is 7.48. The molecule has 1 aromatic carbocycles. The summed E-state index contributed by atoms with van der Waals surface area (Å²) in [7, 11) is -3.24. The van der Waals surface area contributed by atoms with Crippen LogP contribution in [-0.2, 0) is 14.6 Å². The van der Waals surface area contributed by atoms with E-state index in [0.29, 0.717) is 30.1 Å². The number of carbonyl (C=O) groups excluding carboxylic acids is 1. The second-order valence-corrected chi connectivity index (χ2v) is 5.93. The Bertz CT molecular complexity index is 522. The SMILES string of the molecule is CS(=O)(=O)c1ccccc1N1CCC(=O)C1. The van der Waals surface area contributed by atoms with Crippen LogP contribution in [-0.4, -0.2) is 33.5 Å². The molecule has 1 aliphatic rings. The van der Waals surface area contributed by atoms with E-state index in [1.54, 1.807) is 24.3 Å². The number of rotatable bonds is 2. The van der Waals surface area contributed by atoms with Crippen LogP contribution in [0.4, 0.5) is 5.69 Å². The summed E-state index contributed by atoms with van der Waals surface area (Å²) in [6.07, 6.45) is 1.68. The molecular formula is C11H13NO3S. The van der Waals surface area contributed by atoms with E-state index in [2.05, 4.69) is 0 Å². The number of anilines is 1. The van der Waals surface area contributed by atoms with Crippen LogP contribution in [0, 0.1) is 0 Å². The van der Waals surface area contributed by atoms with Gasteiger partial charge in [-0.3, -0.25) is 4.79 Å². The molecule has 0 atom stereocenters. The average Bonchev–Trinajstić information content (AvgIpc) is 2.64. The Kier molecular flexibility index (Phi) is 2.71. The van der Waals surface area contributed by atoms with Gasteiger partial charge in [0.2, 0.25) is 0 Å². The molecule has 0 bridgehead atoms. The van der Waals surface area contributed by atoms with Gasteiger partial charge in [0, 0.05) is 19.2 Å². The van der Waals surface area contributed by atoms with Gasteiger partial charge in [0.15, 0.2) is 15.6 Å². The van der Waals surface area contributed by atoms with Crippen LogP contribution >= 0.6 is 0 Å². The molecule has 0 aliphatic carbocycles. The Labute approximate surface area is 94.8 Å². The molecule has 16 heavy (non-hydrogen) atoms. The van der Waals surface area contributed by atoms with E-state index in [4.69, 9.17) is 0 Å². The standard InChI is InChI=1S/C11H13NO3S/c1-16(14,15)11-5-3-2-4-10(11)12-7-6-9(13)8-12/h2-5H,6-8H2,1H3. The number of sulfone groups is 1. The summed E-state index contributed by atoms with van der Waals surface area (Å²) >= 11 is 0. The third kappa shape index (κ3) is 2.09. The molecule has 1 saturated heterocycles. The summed E-state index contributed by atoms with van der Waals surface area (Å²) in [5.74, 6) is 0.156. The maximum atomic E-state index is 11.6. The number of benzene rings is 1. The van der Waals surface area contributed by atoms with Crippen LogP contribution in [0.1, 0.15) is 6.42 Å². The fraction of sp³-hybridized carbons (Fsp3) is 0.364. The molecule has 0 saturated carbocycles. The summed E-state index contributed by atoms with van der Waals surface area (Å²) in [6.45, 7) is 0.915. The number of carbonyl (C=O) groups is 1. The first-order valence-corrected chi connectivity index (χ1v) is 6.93. The second-order valence-electron chi connectivity index (χ2n) is 3.95. The van der Waals surface area contributed by atoms with Gasteiger partial charge in [0.25, 0.3) is 0 Å². The molecule has 1 aliphatic heterocycles. The first kappa shape index (κ1) is 11.1. The topological polar surface area (TPSA) is 54.5 Å². The van der Waals surface area contributed by atoms with Crippen molar-refractivity contribution in [2.75, 3.05) is 24.2 Å². The zero-order valence-electron chi connectivity index (χ0n) is 9.01. The number of Topliss-reactive ketones (excluding diaryl/α,β-unsaturated/α-hetero) is 1. The molecule has 0 aromatic heterocycles. The summed E-state index contributed by atoms with van der Waals surface area (Å²) in [6, 6.07) is 6.80. The van der Waals surface area contributed by atoms with Crippen LogP contribution in [0.25, 0.3) is 0 Å². The Balaban J connectivity index is 2.45. The van der Waals surface area contributed by atoms with Gasteiger partial charge in [-0.25, -0.2) is 8.42 Å². The average molecular weight is 239 g/mol. The summed E-state index contributed by atoms with van der Waals surface area (Å²) in [4.78, 5) is 13.3. The molecule has 5 heteroatoms. The van der Waals surface area contributed by atoms with Gasteiger partial charge >= 0.3 is 0 Å². The fourth-order valence-electron chi connectivity index (χ4n) is 1.87. The Morgan fingerprint density at radius 1 is 1.25 bits per heavy atom. The van der Waals surface area contributed by atoms with Gasteiger partial charge in [0.1, 0.15) is 0 Å². The lowest BCUT2D eigenvalue weighted by atomic mass is 10.3. The highest BCUT2D eigenvalue weighted by atomic mass is 32.2. The smallest absolute Gasteiger partial charge is 0.177 e. The van der Waals surface area contributed by atoms with Gasteiger partial charge in [-0.2, -0.15) is 0 Å². The number of hydrogen-bond acceptors (Lipinski definition) is 4. The molecule has 2 rings (SSSR count). The van der Waals surface area contributed by atoms with E-state index in [1.165, 1.54) is 6.26 Å². The quantitative estimate of drug-likeness (QED) is 0.768. The van der Waals surface area contributed by atoms with Crippen molar-refractivity contribution in [3.8, 4) is 0 Å². The van der Waals surface area contributed by atoms with Crippen molar-refractivity contribution in [1.29, 1.82) is 0 Å². The summed E-state index contributed by atoms with van der Waals surface area (Å²) < 4.78 is 23.2. The van der Waals surface area contributed by atoms with Crippen LogP contribution in [0.5, 0.6) is 0 Å². The number of para-hydroxylation sites is 1. The number of nitrogens with zero attached hydrogens (tertiary/aromatic N) is 1. The molecule has 1 fully saturated rings. The lowest BCUT2D eigenvalue weighted by molar-refractivity contribution is -0.116. The predicted molar refractivity (Wildman–Crippen MR) is 61.4 cm³/mol. The van der Waals surface area contributed by atoms with E-state index in [-0.39, 0.29) is 5.78 Å². The highest BCUT2D eigenvalue weighted by molar-refractivity contribution is 7.90. The molecule has 0 N–H and O–H groups in total. The van der Waals surface area contributed by atoms with Gasteiger partial charge in [-0.15, -0.1) is 0 Å². The molecule has 4 nitrogen and oxygen atoms in total. The zero-order valence-corrected chi connectivity index (χ0v) is 9.83. The molecule has 0 unspecified atom stereocenters. The fourth-order valence-corrected chi connectivity index (χ4v) is 2.77. The van der Waals surface area contributed by atoms with Gasteiger partial charge < -0.3 is 4.90 Å². The Hall–Kier alpha value is -1.36. The first-order valence-electron chi connectivity index (χ1n) is 5.04. The van der Waals surface area contributed by atoms with E-state index in [1.807, 2.05) is 4.90 Å². The van der Waals surface area contributed by atoms with Gasteiger partial charge in [-0.05, 0) is 12.1 Å². The van der Waals surface area contributed by atoms with E-state index in [0.717, 1.165) is 0 Å². The van der Waals surface area contributed by atoms with E-state index in [9.17, 15) is 13.2 Å². The van der Waals surface area contributed by atoms with Gasteiger partial charge in [0.05, 0.1) is 17.1 Å². The van der Waals surface area contributed by atoms with Crippen molar-refractivity contribution >= 4 is 21.3 Å². The Morgan fingerprint density at radius 3 is 2.50 bits per heavy atom. The molecule has 0 amide bonds. The molecule has 0 radical (unpaired) electrons. The van der Waals surface area contributed by atoms with Gasteiger partial charge in [-0.1, -0.05) is 12.1 Å². The van der Waals surface area contributed by atoms with Crippen molar-refractivity contribution in [2.45, 2.75) is 11.3 Å². The lowest BCUT2D eigenvalue weighted by Gasteiger charge is -2.19. The highest BCUT2D eigenvalue weighted by Crippen LogP contribution is 2.26.